The summed E-state index contributed by atoms with van der Waals surface area (Å²) in [6.07, 6.45) is 3.98. The normalized spacial score (nSPS) is 23.2. The van der Waals surface area contributed by atoms with Crippen LogP contribution < -0.4 is 10.6 Å². The number of nitriles is 1. The average molecular weight is 594 g/mol. The van der Waals surface area contributed by atoms with E-state index in [1.54, 1.807) is 0 Å². The highest BCUT2D eigenvalue weighted by atomic mass is 19.2. The zero-order chi connectivity index (χ0) is 30.7. The molecule has 2 aromatic rings. The smallest absolute Gasteiger partial charge is 0.335 e. The first kappa shape index (κ1) is 30.1. The van der Waals surface area contributed by atoms with Crippen LogP contribution in [0.25, 0.3) is 0 Å². The maximum atomic E-state index is 14.2. The van der Waals surface area contributed by atoms with Crippen molar-refractivity contribution in [2.45, 2.75) is 56.1 Å². The third kappa shape index (κ3) is 6.23. The molecule has 0 radical (unpaired) electrons. The number of likely N-dealkylation sites (tertiary alicyclic amines) is 1. The molecule has 2 aromatic carbocycles. The average Bonchev–Trinajstić information content (AvgIpc) is 3.46. The first-order chi connectivity index (χ1) is 20.7. The molecular weight excluding hydrogens is 560 g/mol. The third-order valence-corrected chi connectivity index (χ3v) is 8.63. The molecule has 3 N–H and O–H groups in total. The van der Waals surface area contributed by atoms with Crippen LogP contribution in [0.3, 0.4) is 0 Å². The van der Waals surface area contributed by atoms with E-state index >= 15 is 0 Å². The van der Waals surface area contributed by atoms with Crippen LogP contribution >= 0.6 is 0 Å². The van der Waals surface area contributed by atoms with Crippen LogP contribution in [-0.4, -0.2) is 71.8 Å². The lowest BCUT2D eigenvalue weighted by Gasteiger charge is -2.37. The van der Waals surface area contributed by atoms with Crippen LogP contribution in [0.2, 0.25) is 0 Å². The Morgan fingerprint density at radius 2 is 1.86 bits per heavy atom. The highest BCUT2D eigenvalue weighted by molar-refractivity contribution is 6.01. The number of benzene rings is 2. The molecule has 4 amide bonds. The number of nitrogens with zero attached hydrogens (tertiary/aromatic N) is 3. The first-order valence-electron chi connectivity index (χ1n) is 14.3. The molecule has 43 heavy (non-hydrogen) atoms. The van der Waals surface area contributed by atoms with Gasteiger partial charge in [0, 0.05) is 19.2 Å². The number of rotatable bonds is 7. The van der Waals surface area contributed by atoms with E-state index in [0.717, 1.165) is 56.1 Å². The highest BCUT2D eigenvalue weighted by Crippen LogP contribution is 2.36. The van der Waals surface area contributed by atoms with Crippen LogP contribution in [0.4, 0.5) is 18.4 Å². The van der Waals surface area contributed by atoms with Gasteiger partial charge >= 0.3 is 18.0 Å². The maximum Gasteiger partial charge on any atom is 0.335 e. The molecule has 0 bridgehead atoms. The predicted octanol–water partition coefficient (Wildman–Crippen LogP) is 4.40. The molecule has 2 heterocycles. The number of carboxylic acid groups (broad SMARTS) is 1. The van der Waals surface area contributed by atoms with Crippen molar-refractivity contribution in [3.63, 3.8) is 0 Å². The van der Waals surface area contributed by atoms with Crippen molar-refractivity contribution >= 4 is 18.0 Å². The standard InChI is InChI=1S/C31H33F2N5O5/c1-43-17-26-27(29(39)40)28(19-6-9-24(32)25(33)14-19)38(31(42)36-26)30(41)35-21-7-8-22(15-21)37-12-10-18(11-13-37)23-5-3-2-4-20(23)16-34/h2-6,9,14,18,21-22,28H,7-8,10-13,15,17H2,1H3,(H,35,41)(H,36,42)(H,39,40)/t21-,22-,28-/m0/s1. The van der Waals surface area contributed by atoms with Gasteiger partial charge in [0.05, 0.1) is 29.5 Å². The molecule has 1 saturated heterocycles. The molecular formula is C31H33F2N5O5. The minimum atomic E-state index is -1.51. The van der Waals surface area contributed by atoms with Crippen LogP contribution in [0, 0.1) is 23.0 Å². The van der Waals surface area contributed by atoms with Gasteiger partial charge in [0.2, 0.25) is 0 Å². The van der Waals surface area contributed by atoms with Gasteiger partial charge in [-0.3, -0.25) is 0 Å². The Morgan fingerprint density at radius 3 is 2.53 bits per heavy atom. The molecule has 2 fully saturated rings. The summed E-state index contributed by atoms with van der Waals surface area (Å²) < 4.78 is 33.0. The molecule has 2 aliphatic heterocycles. The van der Waals surface area contributed by atoms with Crippen LogP contribution in [0.5, 0.6) is 0 Å². The second kappa shape index (κ2) is 12.9. The van der Waals surface area contributed by atoms with Crippen LogP contribution in [0.15, 0.2) is 53.7 Å². The van der Waals surface area contributed by atoms with Crippen LogP contribution in [0.1, 0.15) is 60.8 Å². The second-order valence-corrected chi connectivity index (χ2v) is 11.1. The number of carboxylic acids is 1. The monoisotopic (exact) mass is 593 g/mol. The van der Waals surface area contributed by atoms with E-state index < -0.39 is 35.7 Å². The summed E-state index contributed by atoms with van der Waals surface area (Å²) in [5, 5.41) is 24.8. The largest absolute Gasteiger partial charge is 0.478 e. The van der Waals surface area contributed by atoms with Crippen molar-refractivity contribution < 1.29 is 33.0 Å². The molecule has 226 valence electrons. The van der Waals surface area contributed by atoms with E-state index in [1.165, 1.54) is 7.11 Å². The molecule has 10 nitrogen and oxygen atoms in total. The number of nitrogens with one attached hydrogen (secondary N) is 2. The van der Waals surface area contributed by atoms with Crippen molar-refractivity contribution in [1.29, 1.82) is 5.26 Å². The van der Waals surface area contributed by atoms with Crippen molar-refractivity contribution in [3.8, 4) is 6.07 Å². The number of amides is 4. The summed E-state index contributed by atoms with van der Waals surface area (Å²) in [6.45, 7) is 1.45. The quantitative estimate of drug-likeness (QED) is 0.433. The van der Waals surface area contributed by atoms with E-state index in [0.29, 0.717) is 29.2 Å². The molecule has 3 atom stereocenters. The number of methoxy groups -OCH3 is 1. The lowest BCUT2D eigenvalue weighted by atomic mass is 9.86. The zero-order valence-corrected chi connectivity index (χ0v) is 23.7. The maximum absolute atomic E-state index is 14.2. The van der Waals surface area contributed by atoms with Gasteiger partial charge in [0.25, 0.3) is 0 Å². The fraction of sp³-hybridized carbons (Fsp3) is 0.419. The number of aliphatic carboxylic acids is 1. The summed E-state index contributed by atoms with van der Waals surface area (Å²) in [6, 6.07) is 9.44. The van der Waals surface area contributed by atoms with Gasteiger partial charge in [-0.1, -0.05) is 24.3 Å². The fourth-order valence-electron chi connectivity index (χ4n) is 6.57. The number of piperidine rings is 1. The Kier molecular flexibility index (Phi) is 9.03. The highest BCUT2D eigenvalue weighted by Gasteiger charge is 2.44. The molecule has 0 unspecified atom stereocenters. The van der Waals surface area contributed by atoms with E-state index in [9.17, 15) is 33.5 Å². The number of urea groups is 2. The molecule has 12 heteroatoms. The molecule has 0 spiro atoms. The van der Waals surface area contributed by atoms with E-state index in [4.69, 9.17) is 4.74 Å². The Morgan fingerprint density at radius 1 is 1.12 bits per heavy atom. The van der Waals surface area contributed by atoms with E-state index in [-0.39, 0.29) is 35.5 Å². The van der Waals surface area contributed by atoms with Crippen molar-refractivity contribution in [3.05, 3.63) is 82.1 Å². The van der Waals surface area contributed by atoms with Crippen LogP contribution in [-0.2, 0) is 9.53 Å². The van der Waals surface area contributed by atoms with Crippen molar-refractivity contribution in [2.24, 2.45) is 0 Å². The minimum Gasteiger partial charge on any atom is -0.478 e. The number of halogens is 2. The molecule has 5 rings (SSSR count). The van der Waals surface area contributed by atoms with Gasteiger partial charge in [0.1, 0.15) is 6.04 Å². The molecule has 1 aliphatic carbocycles. The SMILES string of the molecule is COCC1=C(C(=O)O)[C@H](c2ccc(F)c(F)c2)N(C(=O)N[C@H]2CC[C@H](N3CCC(c4ccccc4C#N)CC3)C2)C(=O)N1. The van der Waals surface area contributed by atoms with Gasteiger partial charge in [-0.05, 0) is 80.4 Å². The number of hydrogen-bond acceptors (Lipinski definition) is 6. The number of hydrogen-bond donors (Lipinski definition) is 3. The number of ether oxygens (including phenoxy) is 1. The Balaban J connectivity index is 1.29. The molecule has 1 saturated carbocycles. The number of imide groups is 1. The minimum absolute atomic E-state index is 0.0694. The number of carbonyl (C=O) groups excluding carboxylic acids is 2. The number of carbonyl (C=O) groups is 3. The molecule has 3 aliphatic rings. The van der Waals surface area contributed by atoms with E-state index in [1.807, 2.05) is 24.3 Å². The van der Waals surface area contributed by atoms with Crippen molar-refractivity contribution in [1.82, 2.24) is 20.4 Å². The Labute approximate surface area is 247 Å². The van der Waals surface area contributed by atoms with Gasteiger partial charge in [-0.2, -0.15) is 5.26 Å². The summed E-state index contributed by atoms with van der Waals surface area (Å²) in [5.74, 6) is -3.51. The Bertz CT molecular complexity index is 1480. The summed E-state index contributed by atoms with van der Waals surface area (Å²) in [5.41, 5.74) is 1.26. The third-order valence-electron chi connectivity index (χ3n) is 8.63. The van der Waals surface area contributed by atoms with Gasteiger partial charge in [0.15, 0.2) is 11.6 Å². The second-order valence-electron chi connectivity index (χ2n) is 11.1. The van der Waals surface area contributed by atoms with Gasteiger partial charge in [-0.25, -0.2) is 28.1 Å². The predicted molar refractivity (Wildman–Crippen MR) is 151 cm³/mol. The van der Waals surface area contributed by atoms with E-state index in [2.05, 4.69) is 21.6 Å². The first-order valence-corrected chi connectivity index (χ1v) is 14.3. The summed E-state index contributed by atoms with van der Waals surface area (Å²) >= 11 is 0. The molecule has 0 aromatic heterocycles. The lowest BCUT2D eigenvalue weighted by Crippen LogP contribution is -2.56. The van der Waals surface area contributed by atoms with Crippen molar-refractivity contribution in [2.75, 3.05) is 26.8 Å². The topological polar surface area (TPSA) is 135 Å². The summed E-state index contributed by atoms with van der Waals surface area (Å²) in [7, 11) is 1.31. The van der Waals surface area contributed by atoms with Gasteiger partial charge in [-0.15, -0.1) is 0 Å². The Hall–Kier alpha value is -4.34. The van der Waals surface area contributed by atoms with Gasteiger partial charge < -0.3 is 25.4 Å². The summed E-state index contributed by atoms with van der Waals surface area (Å²) in [4.78, 5) is 42.2. The zero-order valence-electron chi connectivity index (χ0n) is 23.7. The fourth-order valence-corrected chi connectivity index (χ4v) is 6.57. The lowest BCUT2D eigenvalue weighted by molar-refractivity contribution is -0.133.